The predicted octanol–water partition coefficient (Wildman–Crippen LogP) is 2.91. The van der Waals surface area contributed by atoms with Crippen molar-refractivity contribution in [3.8, 4) is 0 Å². The van der Waals surface area contributed by atoms with Crippen LogP contribution in [0.5, 0.6) is 0 Å². The van der Waals surface area contributed by atoms with E-state index in [9.17, 15) is 4.79 Å². The molecule has 0 heterocycles. The first kappa shape index (κ1) is 11.5. The van der Waals surface area contributed by atoms with Gasteiger partial charge in [-0.2, -0.15) is 0 Å². The number of carbonyl (C=O) groups is 1. The van der Waals surface area contributed by atoms with Crippen LogP contribution in [0.2, 0.25) is 0 Å². The zero-order valence-corrected chi connectivity index (χ0v) is 8.27. The van der Waals surface area contributed by atoms with Gasteiger partial charge in [0.05, 0.1) is 6.61 Å². The summed E-state index contributed by atoms with van der Waals surface area (Å²) in [4.78, 5) is 11.0. The van der Waals surface area contributed by atoms with E-state index in [2.05, 4.69) is 13.8 Å². The molecular formula is C10H20O2. The summed E-state index contributed by atoms with van der Waals surface area (Å²) in [6.07, 6.45) is 5.92. The maximum atomic E-state index is 11.0. The highest BCUT2D eigenvalue weighted by molar-refractivity contribution is 5.69. The van der Waals surface area contributed by atoms with E-state index >= 15 is 0 Å². The summed E-state index contributed by atoms with van der Waals surface area (Å²) in [5.41, 5.74) is 0. The largest absolute Gasteiger partial charge is 0.466 e. The van der Waals surface area contributed by atoms with E-state index in [1.807, 2.05) is 0 Å². The zero-order valence-electron chi connectivity index (χ0n) is 8.27. The lowest BCUT2D eigenvalue weighted by molar-refractivity contribution is -0.143. The van der Waals surface area contributed by atoms with Crippen molar-refractivity contribution in [1.29, 1.82) is 0 Å². The number of esters is 1. The summed E-state index contributed by atoms with van der Waals surface area (Å²) in [7, 11) is 0. The molecule has 0 N–H and O–H groups in total. The molecule has 12 heavy (non-hydrogen) atoms. The van der Waals surface area contributed by atoms with Gasteiger partial charge in [-0.3, -0.25) is 4.79 Å². The Hall–Kier alpha value is -0.530. The number of hydrogen-bond acceptors (Lipinski definition) is 2. The smallest absolute Gasteiger partial charge is 0.305 e. The van der Waals surface area contributed by atoms with Gasteiger partial charge >= 0.3 is 5.97 Å². The molecule has 0 spiro atoms. The molecule has 0 rings (SSSR count). The van der Waals surface area contributed by atoms with Crippen LogP contribution >= 0.6 is 0 Å². The Morgan fingerprint density at radius 1 is 1.08 bits per heavy atom. The lowest BCUT2D eigenvalue weighted by Crippen LogP contribution is -2.05. The Balaban J connectivity index is 3.10. The van der Waals surface area contributed by atoms with Crippen molar-refractivity contribution in [2.24, 2.45) is 0 Å². The third kappa shape index (κ3) is 7.58. The number of carbonyl (C=O) groups excluding carboxylic acids is 1. The summed E-state index contributed by atoms with van der Waals surface area (Å²) < 4.78 is 4.99. The molecule has 2 nitrogen and oxygen atoms in total. The van der Waals surface area contributed by atoms with Gasteiger partial charge in [0.25, 0.3) is 0 Å². The van der Waals surface area contributed by atoms with Gasteiger partial charge in [-0.25, -0.2) is 0 Å². The molecule has 0 radical (unpaired) electrons. The van der Waals surface area contributed by atoms with Crippen LogP contribution in [-0.4, -0.2) is 12.6 Å². The Kier molecular flexibility index (Phi) is 8.19. The summed E-state index contributed by atoms with van der Waals surface area (Å²) in [6.45, 7) is 4.81. The van der Waals surface area contributed by atoms with Crippen LogP contribution in [0, 0.1) is 0 Å². The molecule has 0 aliphatic carbocycles. The van der Waals surface area contributed by atoms with Gasteiger partial charge in [0.2, 0.25) is 0 Å². The maximum absolute atomic E-state index is 11.0. The van der Waals surface area contributed by atoms with E-state index in [0.29, 0.717) is 13.0 Å². The van der Waals surface area contributed by atoms with Crippen molar-refractivity contribution in [3.05, 3.63) is 0 Å². The summed E-state index contributed by atoms with van der Waals surface area (Å²) in [5.74, 6) is -0.0306. The van der Waals surface area contributed by atoms with E-state index < -0.39 is 0 Å². The molecule has 0 saturated carbocycles. The van der Waals surface area contributed by atoms with E-state index in [4.69, 9.17) is 4.74 Å². The molecule has 0 aliphatic rings. The molecule has 0 aromatic rings. The van der Waals surface area contributed by atoms with E-state index in [0.717, 1.165) is 32.1 Å². The third-order valence-electron chi connectivity index (χ3n) is 1.75. The fourth-order valence-corrected chi connectivity index (χ4v) is 0.922. The molecule has 0 aromatic heterocycles. The maximum Gasteiger partial charge on any atom is 0.305 e. The Morgan fingerprint density at radius 2 is 1.75 bits per heavy atom. The quantitative estimate of drug-likeness (QED) is 0.436. The van der Waals surface area contributed by atoms with Crippen LogP contribution < -0.4 is 0 Å². The lowest BCUT2D eigenvalue weighted by Gasteiger charge is -2.02. The Labute approximate surface area is 75.3 Å². The highest BCUT2D eigenvalue weighted by Crippen LogP contribution is 2.00. The number of rotatable bonds is 7. The van der Waals surface area contributed by atoms with Crippen LogP contribution in [-0.2, 0) is 9.53 Å². The Bertz CT molecular complexity index is 98.4. The molecule has 0 unspecified atom stereocenters. The molecular weight excluding hydrogens is 152 g/mol. The van der Waals surface area contributed by atoms with Crippen LogP contribution in [0.25, 0.3) is 0 Å². The highest BCUT2D eigenvalue weighted by atomic mass is 16.5. The van der Waals surface area contributed by atoms with Gasteiger partial charge < -0.3 is 4.74 Å². The number of unbranched alkanes of at least 4 members (excludes halogenated alkanes) is 3. The zero-order chi connectivity index (χ0) is 9.23. The summed E-state index contributed by atoms with van der Waals surface area (Å²) in [5, 5.41) is 0. The minimum absolute atomic E-state index is 0.0306. The van der Waals surface area contributed by atoms with Gasteiger partial charge in [-0.15, -0.1) is 0 Å². The highest BCUT2D eigenvalue weighted by Gasteiger charge is 2.00. The molecule has 72 valence electrons. The fourth-order valence-electron chi connectivity index (χ4n) is 0.922. The van der Waals surface area contributed by atoms with Crippen molar-refractivity contribution >= 4 is 5.97 Å². The topological polar surface area (TPSA) is 26.3 Å². The number of ether oxygens (including phenoxy) is 1. The first-order chi connectivity index (χ1) is 5.81. The van der Waals surface area contributed by atoms with E-state index in [1.54, 1.807) is 0 Å². The van der Waals surface area contributed by atoms with E-state index in [-0.39, 0.29) is 5.97 Å². The summed E-state index contributed by atoms with van der Waals surface area (Å²) in [6, 6.07) is 0. The lowest BCUT2D eigenvalue weighted by atomic mass is 10.2. The monoisotopic (exact) mass is 172 g/mol. The normalized spacial score (nSPS) is 9.83. The molecule has 0 amide bonds. The molecule has 2 heteroatoms. The molecule has 0 aromatic carbocycles. The molecule has 0 atom stereocenters. The number of hydrogen-bond donors (Lipinski definition) is 0. The van der Waals surface area contributed by atoms with Crippen molar-refractivity contribution < 1.29 is 9.53 Å². The van der Waals surface area contributed by atoms with Crippen LogP contribution in [0.1, 0.15) is 52.4 Å². The van der Waals surface area contributed by atoms with Crippen molar-refractivity contribution in [2.45, 2.75) is 52.4 Å². The SMILES string of the molecule is CCCCCC(=O)OCCCC. The van der Waals surface area contributed by atoms with Crippen molar-refractivity contribution in [2.75, 3.05) is 6.61 Å². The van der Waals surface area contributed by atoms with Gasteiger partial charge in [-0.1, -0.05) is 33.1 Å². The molecule has 0 bridgehead atoms. The average molecular weight is 172 g/mol. The fraction of sp³-hybridized carbons (Fsp3) is 0.900. The second kappa shape index (κ2) is 8.57. The van der Waals surface area contributed by atoms with Crippen molar-refractivity contribution in [1.82, 2.24) is 0 Å². The molecule has 0 fully saturated rings. The van der Waals surface area contributed by atoms with Crippen LogP contribution in [0.15, 0.2) is 0 Å². The van der Waals surface area contributed by atoms with Gasteiger partial charge in [0, 0.05) is 6.42 Å². The molecule has 0 aliphatic heterocycles. The van der Waals surface area contributed by atoms with Gasteiger partial charge in [-0.05, 0) is 12.8 Å². The third-order valence-corrected chi connectivity index (χ3v) is 1.75. The first-order valence-corrected chi connectivity index (χ1v) is 4.96. The predicted molar refractivity (Wildman–Crippen MR) is 50.0 cm³/mol. The minimum atomic E-state index is -0.0306. The Morgan fingerprint density at radius 3 is 2.33 bits per heavy atom. The minimum Gasteiger partial charge on any atom is -0.466 e. The van der Waals surface area contributed by atoms with Gasteiger partial charge in [0.1, 0.15) is 0 Å². The van der Waals surface area contributed by atoms with E-state index in [1.165, 1.54) is 0 Å². The first-order valence-electron chi connectivity index (χ1n) is 4.96. The van der Waals surface area contributed by atoms with Gasteiger partial charge in [0.15, 0.2) is 0 Å². The standard InChI is InChI=1S/C10H20O2/c1-3-5-7-8-10(11)12-9-6-4-2/h3-9H2,1-2H3. The van der Waals surface area contributed by atoms with Crippen LogP contribution in [0.4, 0.5) is 0 Å². The summed E-state index contributed by atoms with van der Waals surface area (Å²) >= 11 is 0. The van der Waals surface area contributed by atoms with Crippen LogP contribution in [0.3, 0.4) is 0 Å². The second-order valence-corrected chi connectivity index (χ2v) is 3.03. The second-order valence-electron chi connectivity index (χ2n) is 3.03. The molecule has 0 saturated heterocycles. The van der Waals surface area contributed by atoms with Crippen molar-refractivity contribution in [3.63, 3.8) is 0 Å². The average Bonchev–Trinajstić information content (AvgIpc) is 2.06.